The lowest BCUT2D eigenvalue weighted by atomic mass is 10.1. The highest BCUT2D eigenvalue weighted by Crippen LogP contribution is 2.38. The lowest BCUT2D eigenvalue weighted by Crippen LogP contribution is -2.34. The maximum absolute atomic E-state index is 12.8. The van der Waals surface area contributed by atoms with Crippen molar-refractivity contribution >= 4 is 24.0 Å². The molecule has 1 heterocycles. The molecule has 37 heavy (non-hydrogen) atoms. The first kappa shape index (κ1) is 26.6. The van der Waals surface area contributed by atoms with Gasteiger partial charge in [0.25, 0.3) is 11.8 Å². The number of rotatable bonds is 11. The maximum Gasteiger partial charge on any atom is 0.343 e. The Morgan fingerprint density at radius 3 is 2.19 bits per heavy atom. The molecule has 12 heteroatoms. The number of ether oxygens (including phenoxy) is 5. The van der Waals surface area contributed by atoms with Crippen LogP contribution in [-0.2, 0) is 4.79 Å². The highest BCUT2D eigenvalue weighted by molar-refractivity contribution is 5.94. The van der Waals surface area contributed by atoms with Gasteiger partial charge in [-0.3, -0.25) is 9.59 Å². The molecule has 0 aliphatic heterocycles. The highest BCUT2D eigenvalue weighted by atomic mass is 16.6. The minimum atomic E-state index is -0.678. The van der Waals surface area contributed by atoms with Crippen LogP contribution in [0.2, 0.25) is 0 Å². The zero-order valence-corrected chi connectivity index (χ0v) is 20.5. The van der Waals surface area contributed by atoms with Crippen LogP contribution >= 0.6 is 0 Å². The van der Waals surface area contributed by atoms with Crippen LogP contribution in [0.25, 0.3) is 0 Å². The monoisotopic (exact) mass is 511 g/mol. The Morgan fingerprint density at radius 2 is 1.59 bits per heavy atom. The number of esters is 1. The zero-order valence-electron chi connectivity index (χ0n) is 20.5. The number of carbonyl (C=O) groups excluding carboxylic acids is 3. The van der Waals surface area contributed by atoms with Gasteiger partial charge >= 0.3 is 5.97 Å². The first-order chi connectivity index (χ1) is 17.9. The quantitative estimate of drug-likeness (QED) is 0.171. The van der Waals surface area contributed by atoms with E-state index >= 15 is 0 Å². The van der Waals surface area contributed by atoms with E-state index in [2.05, 4.69) is 15.8 Å². The number of nitrogens with zero attached hydrogens (tertiary/aromatic N) is 1. The molecule has 0 atom stereocenters. The third-order valence-electron chi connectivity index (χ3n) is 4.85. The Kier molecular flexibility index (Phi) is 9.08. The van der Waals surface area contributed by atoms with E-state index in [1.165, 1.54) is 65.2 Å². The minimum absolute atomic E-state index is 0.0921. The fourth-order valence-electron chi connectivity index (χ4n) is 3.08. The van der Waals surface area contributed by atoms with Crippen molar-refractivity contribution in [1.29, 1.82) is 0 Å². The SMILES string of the molecule is COc1cc(C=NNC(=O)CNC(=O)c2ccco2)ccc1OC(=O)c1cc(OC)c(OC)c(OC)c1. The Hall–Kier alpha value is -5.00. The average molecular weight is 511 g/mol. The molecular weight excluding hydrogens is 486 g/mol. The third kappa shape index (κ3) is 6.78. The first-order valence-corrected chi connectivity index (χ1v) is 10.7. The summed E-state index contributed by atoms with van der Waals surface area (Å²) in [4.78, 5) is 36.5. The number of benzene rings is 2. The van der Waals surface area contributed by atoms with Crippen molar-refractivity contribution in [2.75, 3.05) is 35.0 Å². The van der Waals surface area contributed by atoms with E-state index in [1.54, 1.807) is 18.2 Å². The van der Waals surface area contributed by atoms with Gasteiger partial charge in [0.05, 0.1) is 53.0 Å². The number of hydrogen-bond donors (Lipinski definition) is 2. The highest BCUT2D eigenvalue weighted by Gasteiger charge is 2.19. The smallest absolute Gasteiger partial charge is 0.343 e. The molecule has 12 nitrogen and oxygen atoms in total. The van der Waals surface area contributed by atoms with Crippen LogP contribution in [0.4, 0.5) is 0 Å². The van der Waals surface area contributed by atoms with E-state index in [-0.39, 0.29) is 29.4 Å². The summed E-state index contributed by atoms with van der Waals surface area (Å²) < 4.78 is 31.6. The van der Waals surface area contributed by atoms with Gasteiger partial charge in [0.2, 0.25) is 5.75 Å². The Bertz CT molecular complexity index is 1260. The van der Waals surface area contributed by atoms with E-state index in [0.717, 1.165) is 0 Å². The van der Waals surface area contributed by atoms with Crippen molar-refractivity contribution in [3.63, 3.8) is 0 Å². The fourth-order valence-corrected chi connectivity index (χ4v) is 3.08. The van der Waals surface area contributed by atoms with E-state index in [0.29, 0.717) is 22.8 Å². The lowest BCUT2D eigenvalue weighted by Gasteiger charge is -2.14. The second-order valence-corrected chi connectivity index (χ2v) is 7.17. The summed E-state index contributed by atoms with van der Waals surface area (Å²) in [7, 11) is 5.75. The Balaban J connectivity index is 1.63. The molecule has 2 aromatic carbocycles. The fraction of sp³-hybridized carbons (Fsp3) is 0.200. The van der Waals surface area contributed by atoms with Crippen molar-refractivity contribution in [1.82, 2.24) is 10.7 Å². The minimum Gasteiger partial charge on any atom is -0.493 e. The van der Waals surface area contributed by atoms with Crippen molar-refractivity contribution < 1.29 is 42.5 Å². The molecule has 2 amide bonds. The molecule has 0 radical (unpaired) electrons. The predicted octanol–water partition coefficient (Wildman–Crippen LogP) is 2.41. The van der Waals surface area contributed by atoms with E-state index in [1.807, 2.05) is 0 Å². The van der Waals surface area contributed by atoms with Crippen LogP contribution in [0.15, 0.2) is 58.2 Å². The van der Waals surface area contributed by atoms with Gasteiger partial charge in [0.1, 0.15) is 0 Å². The number of carbonyl (C=O) groups is 3. The number of hydrazone groups is 1. The number of furan rings is 1. The van der Waals surface area contributed by atoms with Crippen LogP contribution in [0.3, 0.4) is 0 Å². The summed E-state index contributed by atoms with van der Waals surface area (Å²) in [6, 6.07) is 10.7. The molecule has 0 aliphatic carbocycles. The van der Waals surface area contributed by atoms with Gasteiger partial charge in [-0.2, -0.15) is 5.10 Å². The lowest BCUT2D eigenvalue weighted by molar-refractivity contribution is -0.120. The molecule has 0 fully saturated rings. The largest absolute Gasteiger partial charge is 0.493 e. The topological polar surface area (TPSA) is 147 Å². The molecule has 2 N–H and O–H groups in total. The van der Waals surface area contributed by atoms with Crippen LogP contribution < -0.4 is 34.4 Å². The summed E-state index contributed by atoms with van der Waals surface area (Å²) in [6.07, 6.45) is 2.72. The van der Waals surface area contributed by atoms with Gasteiger partial charge in [-0.25, -0.2) is 10.2 Å². The Labute approximate surface area is 212 Å². The number of methoxy groups -OCH3 is 4. The summed E-state index contributed by atoms with van der Waals surface area (Å²) in [5, 5.41) is 6.25. The van der Waals surface area contributed by atoms with Crippen molar-refractivity contribution in [3.8, 4) is 28.7 Å². The van der Waals surface area contributed by atoms with Gasteiger partial charge in [0.15, 0.2) is 28.8 Å². The molecule has 0 bridgehead atoms. The maximum atomic E-state index is 12.8. The van der Waals surface area contributed by atoms with Gasteiger partial charge in [0, 0.05) is 0 Å². The molecule has 0 aliphatic rings. The average Bonchev–Trinajstić information content (AvgIpc) is 3.46. The summed E-state index contributed by atoms with van der Waals surface area (Å²) in [6.45, 7) is -0.296. The normalized spacial score (nSPS) is 10.5. The first-order valence-electron chi connectivity index (χ1n) is 10.7. The van der Waals surface area contributed by atoms with Crippen LogP contribution in [0, 0.1) is 0 Å². The predicted molar refractivity (Wildman–Crippen MR) is 131 cm³/mol. The van der Waals surface area contributed by atoms with Crippen LogP contribution in [0.1, 0.15) is 26.5 Å². The van der Waals surface area contributed by atoms with Crippen molar-refractivity contribution in [2.45, 2.75) is 0 Å². The molecule has 1 aromatic heterocycles. The van der Waals surface area contributed by atoms with Gasteiger partial charge in [-0.15, -0.1) is 0 Å². The van der Waals surface area contributed by atoms with E-state index in [9.17, 15) is 14.4 Å². The van der Waals surface area contributed by atoms with Gasteiger partial charge < -0.3 is 33.4 Å². The van der Waals surface area contributed by atoms with Gasteiger partial charge in [-0.1, -0.05) is 0 Å². The summed E-state index contributed by atoms with van der Waals surface area (Å²) in [5.41, 5.74) is 3.01. The molecule has 0 saturated heterocycles. The molecule has 3 rings (SSSR count). The van der Waals surface area contributed by atoms with Crippen LogP contribution in [-0.4, -0.2) is 59.0 Å². The second kappa shape index (κ2) is 12.6. The molecule has 0 unspecified atom stereocenters. The molecule has 0 saturated carbocycles. The second-order valence-electron chi connectivity index (χ2n) is 7.17. The Morgan fingerprint density at radius 1 is 0.892 bits per heavy atom. The van der Waals surface area contributed by atoms with E-state index < -0.39 is 17.8 Å². The summed E-state index contributed by atoms with van der Waals surface area (Å²) >= 11 is 0. The zero-order chi connectivity index (χ0) is 26.8. The molecule has 194 valence electrons. The van der Waals surface area contributed by atoms with Gasteiger partial charge in [-0.05, 0) is 48.0 Å². The summed E-state index contributed by atoms with van der Waals surface area (Å²) in [5.74, 6) is -0.300. The third-order valence-corrected chi connectivity index (χ3v) is 4.85. The standard InChI is InChI=1S/C25H25N3O9/c1-32-19-10-15(13-27-28-22(29)14-26-24(30)18-6-5-9-36-18)7-8-17(19)37-25(31)16-11-20(33-2)23(35-4)21(12-16)34-3/h5-13H,14H2,1-4H3,(H,26,30)(H,28,29). The van der Waals surface area contributed by atoms with Crippen LogP contribution in [0.5, 0.6) is 28.7 Å². The number of amides is 2. The van der Waals surface area contributed by atoms with Crippen molar-refractivity contribution in [2.24, 2.45) is 5.10 Å². The van der Waals surface area contributed by atoms with Crippen molar-refractivity contribution in [3.05, 3.63) is 65.6 Å². The number of hydrogen-bond acceptors (Lipinski definition) is 10. The number of nitrogens with one attached hydrogen (secondary N) is 2. The molecular formula is C25H25N3O9. The van der Waals surface area contributed by atoms with E-state index in [4.69, 9.17) is 28.1 Å². The molecule has 3 aromatic rings. The molecule has 0 spiro atoms.